The van der Waals surface area contributed by atoms with Crippen LogP contribution in [0.5, 0.6) is 0 Å². The molecule has 0 aromatic carbocycles. The molecule has 1 N–H and O–H groups in total. The molecule has 1 aliphatic carbocycles. The highest BCUT2D eigenvalue weighted by atomic mass is 16.5. The number of amides is 1. The lowest BCUT2D eigenvalue weighted by Gasteiger charge is -2.24. The predicted octanol–water partition coefficient (Wildman–Crippen LogP) is 0.208. The molecule has 4 heteroatoms. The first-order chi connectivity index (χ1) is 5.77. The van der Waals surface area contributed by atoms with Crippen molar-refractivity contribution in [1.29, 1.82) is 0 Å². The van der Waals surface area contributed by atoms with Gasteiger partial charge in [0.05, 0.1) is 19.8 Å². The lowest BCUT2D eigenvalue weighted by atomic mass is 9.83. The van der Waals surface area contributed by atoms with Crippen LogP contribution in [0.15, 0.2) is 0 Å². The number of carbonyl (C=O) groups is 1. The third-order valence-electron chi connectivity index (χ3n) is 3.02. The minimum absolute atomic E-state index is 0.0162. The lowest BCUT2D eigenvalue weighted by molar-refractivity contribution is 0.0974. The minimum atomic E-state index is -0.293. The van der Waals surface area contributed by atoms with Crippen LogP contribution < -0.4 is 0 Å². The Kier molecular flexibility index (Phi) is 1.72. The fraction of sp³-hybridized carbons (Fsp3) is 0.875. The Morgan fingerprint density at radius 3 is 2.83 bits per heavy atom. The number of carbonyl (C=O) groups excluding carboxylic acids is 1. The maximum Gasteiger partial charge on any atom is 0.410 e. The fourth-order valence-corrected chi connectivity index (χ4v) is 2.30. The number of aliphatic hydroxyl groups is 1. The summed E-state index contributed by atoms with van der Waals surface area (Å²) in [5.74, 6) is 0.513. The average molecular weight is 171 g/mol. The number of rotatable bonds is 1. The van der Waals surface area contributed by atoms with Crippen LogP contribution in [0.3, 0.4) is 0 Å². The van der Waals surface area contributed by atoms with E-state index in [1.165, 1.54) is 7.11 Å². The van der Waals surface area contributed by atoms with Crippen LogP contribution in [0.1, 0.15) is 12.8 Å². The molecule has 1 atom stereocenters. The molecule has 0 radical (unpaired) electrons. The van der Waals surface area contributed by atoms with Crippen molar-refractivity contribution in [2.24, 2.45) is 5.92 Å². The third kappa shape index (κ3) is 0.843. The van der Waals surface area contributed by atoms with Crippen molar-refractivity contribution in [3.63, 3.8) is 0 Å². The Balaban J connectivity index is 2.09. The second-order valence-electron chi connectivity index (χ2n) is 3.51. The number of hydrogen-bond acceptors (Lipinski definition) is 3. The molecule has 0 aromatic heterocycles. The van der Waals surface area contributed by atoms with E-state index in [1.54, 1.807) is 4.90 Å². The van der Waals surface area contributed by atoms with Crippen LogP contribution in [0.2, 0.25) is 0 Å². The van der Waals surface area contributed by atoms with E-state index in [-0.39, 0.29) is 18.7 Å². The Morgan fingerprint density at radius 1 is 1.67 bits per heavy atom. The van der Waals surface area contributed by atoms with Gasteiger partial charge in [-0.3, -0.25) is 4.90 Å². The van der Waals surface area contributed by atoms with E-state index in [0.29, 0.717) is 12.0 Å². The molecule has 3 aliphatic rings. The van der Waals surface area contributed by atoms with E-state index in [0.717, 1.165) is 12.8 Å². The molecule has 2 heterocycles. The summed E-state index contributed by atoms with van der Waals surface area (Å²) in [6.45, 7) is 0.0657. The molecule has 0 spiro atoms. The Bertz CT molecular complexity index is 200. The first kappa shape index (κ1) is 7.86. The van der Waals surface area contributed by atoms with E-state index in [2.05, 4.69) is 4.74 Å². The zero-order valence-corrected chi connectivity index (χ0v) is 7.06. The molecule has 1 amide bonds. The second kappa shape index (κ2) is 2.62. The van der Waals surface area contributed by atoms with Gasteiger partial charge in [0.25, 0.3) is 0 Å². The summed E-state index contributed by atoms with van der Waals surface area (Å²) >= 11 is 0. The number of methoxy groups -OCH3 is 1. The van der Waals surface area contributed by atoms with Gasteiger partial charge in [0.1, 0.15) is 0 Å². The van der Waals surface area contributed by atoms with Crippen molar-refractivity contribution in [3.8, 4) is 0 Å². The number of fused-ring (bicyclic) bond motifs is 1. The number of ether oxygens (including phenoxy) is 1. The summed E-state index contributed by atoms with van der Waals surface area (Å²) in [5.41, 5.74) is 0. The van der Waals surface area contributed by atoms with Crippen LogP contribution in [-0.4, -0.2) is 41.9 Å². The van der Waals surface area contributed by atoms with Gasteiger partial charge in [0.2, 0.25) is 0 Å². The third-order valence-corrected chi connectivity index (χ3v) is 3.02. The van der Waals surface area contributed by atoms with Crippen molar-refractivity contribution in [3.05, 3.63) is 0 Å². The summed E-state index contributed by atoms with van der Waals surface area (Å²) < 4.78 is 4.64. The summed E-state index contributed by atoms with van der Waals surface area (Å²) in [5, 5.41) is 9.03. The molecule has 12 heavy (non-hydrogen) atoms. The molecule has 2 saturated heterocycles. The summed E-state index contributed by atoms with van der Waals surface area (Å²) in [6.07, 6.45) is 1.79. The highest BCUT2D eigenvalue weighted by molar-refractivity contribution is 5.69. The summed E-state index contributed by atoms with van der Waals surface area (Å²) in [4.78, 5) is 12.9. The maximum atomic E-state index is 11.2. The molecular weight excluding hydrogens is 158 g/mol. The first-order valence-electron chi connectivity index (χ1n) is 4.25. The average Bonchev–Trinajstić information content (AvgIpc) is 2.53. The van der Waals surface area contributed by atoms with Gasteiger partial charge in [-0.25, -0.2) is 4.79 Å². The zero-order valence-electron chi connectivity index (χ0n) is 7.06. The summed E-state index contributed by atoms with van der Waals surface area (Å²) in [6, 6.07) is 0.349. The van der Waals surface area contributed by atoms with Crippen molar-refractivity contribution in [2.75, 3.05) is 13.7 Å². The topological polar surface area (TPSA) is 49.8 Å². The van der Waals surface area contributed by atoms with Crippen molar-refractivity contribution >= 4 is 6.09 Å². The Morgan fingerprint density at radius 2 is 2.33 bits per heavy atom. The molecule has 1 saturated carbocycles. The van der Waals surface area contributed by atoms with E-state index in [4.69, 9.17) is 5.11 Å². The van der Waals surface area contributed by atoms with E-state index >= 15 is 0 Å². The minimum Gasteiger partial charge on any atom is -0.453 e. The van der Waals surface area contributed by atoms with Crippen molar-refractivity contribution < 1.29 is 14.6 Å². The highest BCUT2D eigenvalue weighted by Crippen LogP contribution is 2.45. The van der Waals surface area contributed by atoms with Gasteiger partial charge in [-0.2, -0.15) is 0 Å². The lowest BCUT2D eigenvalue weighted by Crippen LogP contribution is -2.39. The predicted molar refractivity (Wildman–Crippen MR) is 41.6 cm³/mol. The van der Waals surface area contributed by atoms with E-state index < -0.39 is 0 Å². The zero-order chi connectivity index (χ0) is 8.72. The smallest absolute Gasteiger partial charge is 0.410 e. The summed E-state index contributed by atoms with van der Waals surface area (Å²) in [7, 11) is 1.38. The normalized spacial score (nSPS) is 37.8. The molecule has 2 aliphatic heterocycles. The molecule has 68 valence electrons. The fourth-order valence-electron chi connectivity index (χ4n) is 2.30. The van der Waals surface area contributed by atoms with Gasteiger partial charge in [0, 0.05) is 6.04 Å². The van der Waals surface area contributed by atoms with Gasteiger partial charge in [0.15, 0.2) is 0 Å². The van der Waals surface area contributed by atoms with Gasteiger partial charge in [-0.1, -0.05) is 0 Å². The van der Waals surface area contributed by atoms with Crippen molar-refractivity contribution in [2.45, 2.75) is 24.9 Å². The highest BCUT2D eigenvalue weighted by Gasteiger charge is 2.52. The van der Waals surface area contributed by atoms with Gasteiger partial charge >= 0.3 is 6.09 Å². The number of nitrogens with zero attached hydrogens (tertiary/aromatic N) is 1. The van der Waals surface area contributed by atoms with Gasteiger partial charge in [-0.05, 0) is 18.8 Å². The van der Waals surface area contributed by atoms with E-state index in [1.807, 2.05) is 0 Å². The van der Waals surface area contributed by atoms with E-state index in [9.17, 15) is 4.79 Å². The SMILES string of the molecule is COC(=O)N1C2CC(C2)C1CO. The quantitative estimate of drug-likeness (QED) is 0.613. The van der Waals surface area contributed by atoms with Crippen molar-refractivity contribution in [1.82, 2.24) is 4.90 Å². The molecule has 1 unspecified atom stereocenters. The molecule has 4 nitrogen and oxygen atoms in total. The van der Waals surface area contributed by atoms with Gasteiger partial charge < -0.3 is 9.84 Å². The standard InChI is InChI=1S/C8H13NO3/c1-12-8(11)9-6-2-5(3-6)7(9)4-10/h5-7,10H,2-4H2,1H3. The Hall–Kier alpha value is -0.770. The largest absolute Gasteiger partial charge is 0.453 e. The van der Waals surface area contributed by atoms with Crippen LogP contribution >= 0.6 is 0 Å². The van der Waals surface area contributed by atoms with Gasteiger partial charge in [-0.15, -0.1) is 0 Å². The molecule has 3 fully saturated rings. The van der Waals surface area contributed by atoms with Crippen LogP contribution in [0.4, 0.5) is 4.79 Å². The van der Waals surface area contributed by atoms with Crippen LogP contribution in [0.25, 0.3) is 0 Å². The number of hydrogen-bond donors (Lipinski definition) is 1. The Labute approximate surface area is 71.1 Å². The molecular formula is C8H13NO3. The first-order valence-corrected chi connectivity index (χ1v) is 4.25. The van der Waals surface area contributed by atoms with Crippen LogP contribution in [-0.2, 0) is 4.74 Å². The molecule has 2 bridgehead atoms. The monoisotopic (exact) mass is 171 g/mol. The maximum absolute atomic E-state index is 11.2. The molecule has 0 aromatic rings. The number of aliphatic hydroxyl groups excluding tert-OH is 1. The van der Waals surface area contributed by atoms with Crippen LogP contribution in [0, 0.1) is 5.92 Å². The second-order valence-corrected chi connectivity index (χ2v) is 3.51. The molecule has 3 rings (SSSR count).